The molecule has 1 fully saturated rings. The molecule has 1 aliphatic heterocycles. The quantitative estimate of drug-likeness (QED) is 0.767. The summed E-state index contributed by atoms with van der Waals surface area (Å²) in [6, 6.07) is 8.82. The molecule has 0 aliphatic carbocycles. The Morgan fingerprint density at radius 3 is 2.60 bits per heavy atom. The predicted molar refractivity (Wildman–Crippen MR) is 108 cm³/mol. The molecular weight excluding hydrogens is 308 g/mol. The number of hydrogen-bond acceptors (Lipinski definition) is 3. The van der Waals surface area contributed by atoms with Crippen LogP contribution in [0.15, 0.2) is 24.3 Å². The summed E-state index contributed by atoms with van der Waals surface area (Å²) >= 11 is 0. The molecule has 0 spiro atoms. The second-order valence-electron chi connectivity index (χ2n) is 7.12. The van der Waals surface area contributed by atoms with Crippen molar-refractivity contribution >= 4 is 10.9 Å². The smallest absolute Gasteiger partial charge is 0.130 e. The summed E-state index contributed by atoms with van der Waals surface area (Å²) in [5.41, 5.74) is 3.73. The number of ether oxygens (including phenoxy) is 1. The van der Waals surface area contributed by atoms with Gasteiger partial charge in [-0.2, -0.15) is 0 Å². The van der Waals surface area contributed by atoms with Crippen LogP contribution in [0.1, 0.15) is 51.8 Å². The van der Waals surface area contributed by atoms with E-state index in [1.807, 2.05) is 26.8 Å². The molecule has 0 N–H and O–H groups in total. The molecule has 138 valence electrons. The van der Waals surface area contributed by atoms with Gasteiger partial charge in [-0.1, -0.05) is 33.8 Å². The van der Waals surface area contributed by atoms with Crippen LogP contribution in [0.2, 0.25) is 0 Å². The highest BCUT2D eigenvalue weighted by Crippen LogP contribution is 2.43. The summed E-state index contributed by atoms with van der Waals surface area (Å²) < 4.78 is 5.61. The van der Waals surface area contributed by atoms with Crippen molar-refractivity contribution in [3.63, 3.8) is 0 Å². The molecule has 3 heteroatoms. The Morgan fingerprint density at radius 2 is 2.00 bits per heavy atom. The van der Waals surface area contributed by atoms with Crippen molar-refractivity contribution in [2.75, 3.05) is 27.2 Å². The van der Waals surface area contributed by atoms with Gasteiger partial charge in [0.1, 0.15) is 5.75 Å². The first-order valence-electron chi connectivity index (χ1n) is 9.64. The standard InChI is InChI=1S/C20H28N2O.C2H6/c1-6-20(9-10-22(4)13-14(20)2)16-7-8-18-17(12-16)19(23-5)11-15(3)21-18;1-2/h7-8,11-12,14H,6,9-10,13H2,1-5H3;1-2H3. The van der Waals surface area contributed by atoms with E-state index in [2.05, 4.69) is 49.0 Å². The fourth-order valence-corrected chi connectivity index (χ4v) is 4.33. The van der Waals surface area contributed by atoms with Gasteiger partial charge in [-0.25, -0.2) is 0 Å². The average Bonchev–Trinajstić information content (AvgIpc) is 2.63. The first-order chi connectivity index (χ1) is 12.0. The van der Waals surface area contributed by atoms with Gasteiger partial charge < -0.3 is 9.64 Å². The molecule has 0 bridgehead atoms. The predicted octanol–water partition coefficient (Wildman–Crippen LogP) is 5.20. The van der Waals surface area contributed by atoms with Gasteiger partial charge in [-0.3, -0.25) is 4.98 Å². The van der Waals surface area contributed by atoms with E-state index in [1.165, 1.54) is 24.9 Å². The number of aromatic nitrogens is 1. The molecule has 1 aromatic carbocycles. The zero-order valence-corrected chi connectivity index (χ0v) is 17.0. The van der Waals surface area contributed by atoms with Crippen molar-refractivity contribution in [1.29, 1.82) is 0 Å². The van der Waals surface area contributed by atoms with Crippen molar-refractivity contribution in [3.8, 4) is 5.75 Å². The molecule has 2 atom stereocenters. The first-order valence-corrected chi connectivity index (χ1v) is 9.64. The van der Waals surface area contributed by atoms with Gasteiger partial charge in [0.2, 0.25) is 0 Å². The van der Waals surface area contributed by atoms with E-state index in [4.69, 9.17) is 4.74 Å². The number of piperidine rings is 1. The van der Waals surface area contributed by atoms with Gasteiger partial charge in [0, 0.05) is 29.1 Å². The van der Waals surface area contributed by atoms with Crippen molar-refractivity contribution in [1.82, 2.24) is 9.88 Å². The van der Waals surface area contributed by atoms with Crippen molar-refractivity contribution in [2.45, 2.75) is 52.9 Å². The zero-order valence-electron chi connectivity index (χ0n) is 17.0. The molecule has 0 radical (unpaired) electrons. The van der Waals surface area contributed by atoms with Crippen molar-refractivity contribution < 1.29 is 4.74 Å². The van der Waals surface area contributed by atoms with Crippen LogP contribution >= 0.6 is 0 Å². The van der Waals surface area contributed by atoms with E-state index in [9.17, 15) is 0 Å². The normalized spacial score (nSPS) is 23.9. The Kier molecular flexibility index (Phi) is 6.45. The highest BCUT2D eigenvalue weighted by molar-refractivity contribution is 5.86. The largest absolute Gasteiger partial charge is 0.496 e. The third kappa shape index (κ3) is 3.67. The SMILES string of the molecule is CC.CCC1(c2ccc3nc(C)cc(OC)c3c2)CCN(C)CC1C. The van der Waals surface area contributed by atoms with Crippen LogP contribution in [0.4, 0.5) is 0 Å². The maximum absolute atomic E-state index is 5.61. The molecule has 0 amide bonds. The van der Waals surface area contributed by atoms with Gasteiger partial charge in [0.05, 0.1) is 12.6 Å². The van der Waals surface area contributed by atoms with E-state index >= 15 is 0 Å². The number of hydrogen-bond donors (Lipinski definition) is 0. The Balaban J connectivity index is 0.00000109. The summed E-state index contributed by atoms with van der Waals surface area (Å²) in [5, 5.41) is 1.13. The maximum Gasteiger partial charge on any atom is 0.130 e. The topological polar surface area (TPSA) is 25.4 Å². The van der Waals surface area contributed by atoms with Crippen LogP contribution < -0.4 is 4.74 Å². The summed E-state index contributed by atoms with van der Waals surface area (Å²) in [6.07, 6.45) is 2.39. The second kappa shape index (κ2) is 8.18. The highest BCUT2D eigenvalue weighted by atomic mass is 16.5. The maximum atomic E-state index is 5.61. The molecule has 2 aromatic rings. The number of aryl methyl sites for hydroxylation is 1. The Labute approximate surface area is 153 Å². The lowest BCUT2D eigenvalue weighted by atomic mass is 9.65. The van der Waals surface area contributed by atoms with Crippen molar-refractivity contribution in [3.05, 3.63) is 35.5 Å². The lowest BCUT2D eigenvalue weighted by molar-refractivity contribution is 0.117. The number of methoxy groups -OCH3 is 1. The minimum Gasteiger partial charge on any atom is -0.496 e. The molecule has 1 aliphatic rings. The number of likely N-dealkylation sites (tertiary alicyclic amines) is 1. The molecule has 3 nitrogen and oxygen atoms in total. The van der Waals surface area contributed by atoms with E-state index in [1.54, 1.807) is 7.11 Å². The molecule has 2 heterocycles. The van der Waals surface area contributed by atoms with Crippen LogP contribution in [0.25, 0.3) is 10.9 Å². The Morgan fingerprint density at radius 1 is 1.28 bits per heavy atom. The molecule has 0 saturated carbocycles. The molecule has 1 aromatic heterocycles. The molecule has 1 saturated heterocycles. The number of pyridine rings is 1. The first kappa shape index (κ1) is 19.7. The average molecular weight is 343 g/mol. The van der Waals surface area contributed by atoms with Gasteiger partial charge >= 0.3 is 0 Å². The van der Waals surface area contributed by atoms with Crippen LogP contribution in [-0.2, 0) is 5.41 Å². The number of nitrogens with zero attached hydrogens (tertiary/aromatic N) is 2. The third-order valence-corrected chi connectivity index (χ3v) is 5.79. The van der Waals surface area contributed by atoms with E-state index < -0.39 is 0 Å². The fourth-order valence-electron chi connectivity index (χ4n) is 4.33. The second-order valence-corrected chi connectivity index (χ2v) is 7.12. The van der Waals surface area contributed by atoms with Crippen LogP contribution in [0.5, 0.6) is 5.75 Å². The third-order valence-electron chi connectivity index (χ3n) is 5.79. The van der Waals surface area contributed by atoms with Crippen molar-refractivity contribution in [2.24, 2.45) is 5.92 Å². The Bertz CT molecular complexity index is 712. The molecule has 3 rings (SSSR count). The lowest BCUT2D eigenvalue weighted by Gasteiger charge is -2.46. The van der Waals surface area contributed by atoms with Gasteiger partial charge in [-0.15, -0.1) is 0 Å². The van der Waals surface area contributed by atoms with Gasteiger partial charge in [0.15, 0.2) is 0 Å². The number of rotatable bonds is 3. The van der Waals surface area contributed by atoms with Crippen LogP contribution in [-0.4, -0.2) is 37.1 Å². The lowest BCUT2D eigenvalue weighted by Crippen LogP contribution is -2.47. The van der Waals surface area contributed by atoms with E-state index in [0.717, 1.165) is 28.9 Å². The minimum atomic E-state index is 0.261. The fraction of sp³-hybridized carbons (Fsp3) is 0.591. The molecule has 2 unspecified atom stereocenters. The van der Waals surface area contributed by atoms with Gasteiger partial charge in [0.25, 0.3) is 0 Å². The minimum absolute atomic E-state index is 0.261. The number of benzene rings is 1. The summed E-state index contributed by atoms with van der Waals surface area (Å²) in [4.78, 5) is 7.11. The zero-order chi connectivity index (χ0) is 18.6. The number of fused-ring (bicyclic) bond motifs is 1. The van der Waals surface area contributed by atoms with Crippen LogP contribution in [0.3, 0.4) is 0 Å². The van der Waals surface area contributed by atoms with E-state index in [0.29, 0.717) is 5.92 Å². The monoisotopic (exact) mass is 342 g/mol. The van der Waals surface area contributed by atoms with Gasteiger partial charge in [-0.05, 0) is 57.0 Å². The van der Waals surface area contributed by atoms with E-state index in [-0.39, 0.29) is 5.41 Å². The summed E-state index contributed by atoms with van der Waals surface area (Å²) in [7, 11) is 3.97. The highest BCUT2D eigenvalue weighted by Gasteiger charge is 2.39. The van der Waals surface area contributed by atoms with Crippen LogP contribution in [0, 0.1) is 12.8 Å². The summed E-state index contributed by atoms with van der Waals surface area (Å²) in [6.45, 7) is 13.1. The summed E-state index contributed by atoms with van der Waals surface area (Å²) in [5.74, 6) is 1.58. The Hall–Kier alpha value is -1.61. The molecule has 25 heavy (non-hydrogen) atoms. The molecular formula is C22H34N2O.